The quantitative estimate of drug-likeness (QED) is 0.669. The Labute approximate surface area is 176 Å². The van der Waals surface area contributed by atoms with Gasteiger partial charge in [-0.3, -0.25) is 14.6 Å². The number of piperazine rings is 1. The molecule has 3 aromatic rings. The van der Waals surface area contributed by atoms with E-state index in [-0.39, 0.29) is 17.2 Å². The molecular weight excluding hydrogens is 374 g/mol. The summed E-state index contributed by atoms with van der Waals surface area (Å²) in [6.45, 7) is 4.47. The van der Waals surface area contributed by atoms with Gasteiger partial charge in [-0.05, 0) is 36.4 Å². The molecule has 2 aliphatic rings. The first-order chi connectivity index (χ1) is 14.5. The van der Waals surface area contributed by atoms with Crippen LogP contribution in [0.2, 0.25) is 0 Å². The number of hydrogen-bond donors (Lipinski definition) is 0. The average Bonchev–Trinajstić information content (AvgIpc) is 3.56. The molecule has 5 rings (SSSR count). The summed E-state index contributed by atoms with van der Waals surface area (Å²) in [7, 11) is 0. The molecule has 0 bridgehead atoms. The van der Waals surface area contributed by atoms with Crippen LogP contribution in [0, 0.1) is 5.41 Å². The first kappa shape index (κ1) is 18.8. The van der Waals surface area contributed by atoms with E-state index < -0.39 is 0 Å². The van der Waals surface area contributed by atoms with Crippen LogP contribution in [-0.4, -0.2) is 52.8 Å². The van der Waals surface area contributed by atoms with Crippen molar-refractivity contribution in [2.24, 2.45) is 5.41 Å². The molecule has 5 nitrogen and oxygen atoms in total. The van der Waals surface area contributed by atoms with Gasteiger partial charge in [-0.15, -0.1) is 0 Å². The zero-order valence-electron chi connectivity index (χ0n) is 17.2. The van der Waals surface area contributed by atoms with Crippen LogP contribution in [0.3, 0.4) is 0 Å². The van der Waals surface area contributed by atoms with E-state index in [4.69, 9.17) is 0 Å². The number of aromatic nitrogens is 1. The van der Waals surface area contributed by atoms with Crippen LogP contribution >= 0.6 is 0 Å². The van der Waals surface area contributed by atoms with Crippen LogP contribution in [0.4, 0.5) is 0 Å². The Morgan fingerprint density at radius 3 is 2.23 bits per heavy atom. The monoisotopic (exact) mass is 399 g/mol. The molecule has 1 saturated carbocycles. The minimum absolute atomic E-state index is 0.0251. The van der Waals surface area contributed by atoms with Crippen molar-refractivity contribution in [3.05, 3.63) is 66.4 Å². The maximum Gasteiger partial charge on any atom is 0.253 e. The third kappa shape index (κ3) is 3.34. The molecule has 1 aliphatic carbocycles. The van der Waals surface area contributed by atoms with Gasteiger partial charge in [-0.1, -0.05) is 43.3 Å². The highest BCUT2D eigenvalue weighted by molar-refractivity contribution is 5.97. The standard InChI is InChI=1S/C25H25N3O2/c1-25(11-12-25)24(30)28-16-14-27(15-17-28)23(29)20-8-6-19(7-9-20)22-21-5-3-2-4-18(21)10-13-26-22/h2-10,13H,11-12,14-17H2,1H3. The molecule has 0 radical (unpaired) electrons. The van der Waals surface area contributed by atoms with Gasteiger partial charge < -0.3 is 9.80 Å². The number of fused-ring (bicyclic) bond motifs is 1. The van der Waals surface area contributed by atoms with Crippen molar-refractivity contribution in [2.45, 2.75) is 19.8 Å². The average molecular weight is 399 g/mol. The summed E-state index contributed by atoms with van der Waals surface area (Å²) in [6.07, 6.45) is 3.80. The molecule has 152 valence electrons. The maximum absolute atomic E-state index is 13.0. The molecule has 0 N–H and O–H groups in total. The van der Waals surface area contributed by atoms with E-state index in [1.165, 1.54) is 0 Å². The van der Waals surface area contributed by atoms with E-state index in [9.17, 15) is 9.59 Å². The van der Waals surface area contributed by atoms with Gasteiger partial charge in [-0.25, -0.2) is 0 Å². The lowest BCUT2D eigenvalue weighted by Gasteiger charge is -2.36. The topological polar surface area (TPSA) is 53.5 Å². The SMILES string of the molecule is CC1(C(=O)N2CCN(C(=O)c3ccc(-c4nccc5ccccc45)cc3)CC2)CC1. The van der Waals surface area contributed by atoms with Crippen molar-refractivity contribution in [3.63, 3.8) is 0 Å². The summed E-state index contributed by atoms with van der Waals surface area (Å²) >= 11 is 0. The van der Waals surface area contributed by atoms with Crippen LogP contribution < -0.4 is 0 Å². The van der Waals surface area contributed by atoms with Gasteiger partial charge in [0.15, 0.2) is 0 Å². The molecule has 0 unspecified atom stereocenters. The number of benzene rings is 2. The first-order valence-electron chi connectivity index (χ1n) is 10.6. The van der Waals surface area contributed by atoms with Crippen molar-refractivity contribution in [3.8, 4) is 11.3 Å². The Kier molecular flexibility index (Phi) is 4.54. The number of carbonyl (C=O) groups is 2. The highest BCUT2D eigenvalue weighted by Gasteiger charge is 2.47. The van der Waals surface area contributed by atoms with Crippen LogP contribution in [-0.2, 0) is 4.79 Å². The van der Waals surface area contributed by atoms with Gasteiger partial charge in [0.25, 0.3) is 5.91 Å². The molecule has 0 spiro atoms. The van der Waals surface area contributed by atoms with Crippen LogP contribution in [0.25, 0.3) is 22.0 Å². The molecule has 2 amide bonds. The number of amides is 2. The summed E-state index contributed by atoms with van der Waals surface area (Å²) in [5.74, 6) is 0.277. The maximum atomic E-state index is 13.0. The molecule has 1 aliphatic heterocycles. The number of hydrogen-bond acceptors (Lipinski definition) is 3. The van der Waals surface area contributed by atoms with Gasteiger partial charge in [0.05, 0.1) is 5.69 Å². The van der Waals surface area contributed by atoms with Crippen LogP contribution in [0.5, 0.6) is 0 Å². The van der Waals surface area contributed by atoms with Gasteiger partial charge in [0, 0.05) is 54.3 Å². The third-order valence-electron chi connectivity index (χ3n) is 6.45. The molecule has 30 heavy (non-hydrogen) atoms. The second kappa shape index (κ2) is 7.24. The van der Waals surface area contributed by atoms with E-state index in [1.54, 1.807) is 0 Å². The summed E-state index contributed by atoms with van der Waals surface area (Å²) in [5.41, 5.74) is 2.45. The zero-order chi connectivity index (χ0) is 20.7. The summed E-state index contributed by atoms with van der Waals surface area (Å²) in [5, 5.41) is 2.25. The number of rotatable bonds is 3. The van der Waals surface area contributed by atoms with Gasteiger partial charge in [0.1, 0.15) is 0 Å². The molecule has 2 heterocycles. The number of nitrogens with zero attached hydrogens (tertiary/aromatic N) is 3. The molecule has 0 atom stereocenters. The fourth-order valence-electron chi connectivity index (χ4n) is 4.20. The summed E-state index contributed by atoms with van der Waals surface area (Å²) in [6, 6.07) is 17.9. The second-order valence-corrected chi connectivity index (χ2v) is 8.60. The Bertz CT molecular complexity index is 1110. The Hall–Kier alpha value is -3.21. The smallest absolute Gasteiger partial charge is 0.253 e. The first-order valence-corrected chi connectivity index (χ1v) is 10.6. The molecule has 2 aromatic carbocycles. The minimum atomic E-state index is -0.141. The molecular formula is C25H25N3O2. The van der Waals surface area contributed by atoms with Crippen molar-refractivity contribution in [1.29, 1.82) is 0 Å². The fraction of sp³-hybridized carbons (Fsp3) is 0.320. The summed E-state index contributed by atoms with van der Waals surface area (Å²) < 4.78 is 0. The highest BCUT2D eigenvalue weighted by Crippen LogP contribution is 2.46. The lowest BCUT2D eigenvalue weighted by atomic mass is 10.0. The number of pyridine rings is 1. The lowest BCUT2D eigenvalue weighted by Crippen LogP contribution is -2.52. The Morgan fingerprint density at radius 1 is 0.867 bits per heavy atom. The predicted octanol–water partition coefficient (Wildman–Crippen LogP) is 3.99. The zero-order valence-corrected chi connectivity index (χ0v) is 17.2. The highest BCUT2D eigenvalue weighted by atomic mass is 16.2. The third-order valence-corrected chi connectivity index (χ3v) is 6.45. The van der Waals surface area contributed by atoms with Crippen LogP contribution in [0.1, 0.15) is 30.1 Å². The van der Waals surface area contributed by atoms with Gasteiger partial charge >= 0.3 is 0 Å². The van der Waals surface area contributed by atoms with E-state index in [0.29, 0.717) is 31.7 Å². The number of carbonyl (C=O) groups excluding carboxylic acids is 2. The van der Waals surface area contributed by atoms with Gasteiger partial charge in [-0.2, -0.15) is 0 Å². The Balaban J connectivity index is 1.29. The minimum Gasteiger partial charge on any atom is -0.339 e. The van der Waals surface area contributed by atoms with Crippen LogP contribution in [0.15, 0.2) is 60.8 Å². The summed E-state index contributed by atoms with van der Waals surface area (Å²) in [4.78, 5) is 33.8. The van der Waals surface area contributed by atoms with Gasteiger partial charge in [0.2, 0.25) is 5.91 Å². The van der Waals surface area contributed by atoms with Crippen molar-refractivity contribution >= 4 is 22.6 Å². The van der Waals surface area contributed by atoms with Crippen molar-refractivity contribution < 1.29 is 9.59 Å². The molecule has 2 fully saturated rings. The van der Waals surface area contributed by atoms with Crippen molar-refractivity contribution in [1.82, 2.24) is 14.8 Å². The fourth-order valence-corrected chi connectivity index (χ4v) is 4.20. The van der Waals surface area contributed by atoms with E-state index in [2.05, 4.69) is 17.1 Å². The largest absolute Gasteiger partial charge is 0.339 e. The second-order valence-electron chi connectivity index (χ2n) is 8.60. The molecule has 1 saturated heterocycles. The normalized spacial score (nSPS) is 17.8. The van der Waals surface area contributed by atoms with Crippen molar-refractivity contribution in [2.75, 3.05) is 26.2 Å². The van der Waals surface area contributed by atoms with E-state index >= 15 is 0 Å². The lowest BCUT2D eigenvalue weighted by molar-refractivity contribution is -0.137. The molecule has 5 heteroatoms. The Morgan fingerprint density at radius 2 is 1.53 bits per heavy atom. The predicted molar refractivity (Wildman–Crippen MR) is 117 cm³/mol. The van der Waals surface area contributed by atoms with E-state index in [0.717, 1.165) is 34.9 Å². The molecule has 1 aromatic heterocycles. The van der Waals surface area contributed by atoms with E-state index in [1.807, 2.05) is 65.4 Å².